The molecule has 0 heterocycles. The van der Waals surface area contributed by atoms with Crippen LogP contribution in [0.3, 0.4) is 0 Å². The van der Waals surface area contributed by atoms with Crippen molar-refractivity contribution in [2.75, 3.05) is 6.54 Å². The third-order valence-corrected chi connectivity index (χ3v) is 2.34. The third kappa shape index (κ3) is 3.11. The molecule has 0 saturated carbocycles. The molecule has 0 amide bonds. The van der Waals surface area contributed by atoms with Crippen LogP contribution in [0.15, 0.2) is 12.2 Å². The van der Waals surface area contributed by atoms with Gasteiger partial charge in [-0.3, -0.25) is 0 Å². The molecule has 1 aliphatic carbocycles. The second kappa shape index (κ2) is 5.00. The standard InChI is InChI=1S/C11H17N/c1-3-10(2)12-9-11-7-5-4-6-8-11/h1,4-5,10-12H,6-9H2,2H3. The van der Waals surface area contributed by atoms with Crippen molar-refractivity contribution in [2.45, 2.75) is 32.2 Å². The molecule has 0 radical (unpaired) electrons. The second-order valence-corrected chi connectivity index (χ2v) is 3.45. The normalized spacial score (nSPS) is 24.8. The van der Waals surface area contributed by atoms with E-state index in [1.807, 2.05) is 6.92 Å². The number of hydrogen-bond donors (Lipinski definition) is 1. The van der Waals surface area contributed by atoms with E-state index in [-0.39, 0.29) is 6.04 Å². The van der Waals surface area contributed by atoms with Crippen LogP contribution in [0.5, 0.6) is 0 Å². The molecule has 66 valence electrons. The molecule has 0 aromatic heterocycles. The molecule has 0 aromatic carbocycles. The van der Waals surface area contributed by atoms with Gasteiger partial charge in [0.1, 0.15) is 0 Å². The first kappa shape index (κ1) is 9.35. The van der Waals surface area contributed by atoms with Gasteiger partial charge in [-0.05, 0) is 38.6 Å². The zero-order valence-electron chi connectivity index (χ0n) is 7.72. The summed E-state index contributed by atoms with van der Waals surface area (Å²) in [5.74, 6) is 3.47. The molecule has 0 saturated heterocycles. The van der Waals surface area contributed by atoms with Gasteiger partial charge in [0.15, 0.2) is 0 Å². The second-order valence-electron chi connectivity index (χ2n) is 3.45. The van der Waals surface area contributed by atoms with Crippen LogP contribution < -0.4 is 5.32 Å². The van der Waals surface area contributed by atoms with E-state index in [2.05, 4.69) is 23.4 Å². The van der Waals surface area contributed by atoms with E-state index >= 15 is 0 Å². The third-order valence-electron chi connectivity index (χ3n) is 2.34. The Kier molecular flexibility index (Phi) is 3.90. The van der Waals surface area contributed by atoms with Crippen LogP contribution in [-0.4, -0.2) is 12.6 Å². The fourth-order valence-electron chi connectivity index (χ4n) is 1.44. The summed E-state index contributed by atoms with van der Waals surface area (Å²) in [6.07, 6.45) is 13.6. The molecule has 0 bridgehead atoms. The first-order valence-corrected chi connectivity index (χ1v) is 4.67. The van der Waals surface area contributed by atoms with Crippen LogP contribution >= 0.6 is 0 Å². The molecule has 1 rings (SSSR count). The summed E-state index contributed by atoms with van der Waals surface area (Å²) < 4.78 is 0. The minimum Gasteiger partial charge on any atom is -0.304 e. The van der Waals surface area contributed by atoms with Crippen LogP contribution in [0, 0.1) is 18.3 Å². The van der Waals surface area contributed by atoms with E-state index in [4.69, 9.17) is 6.42 Å². The lowest BCUT2D eigenvalue weighted by molar-refractivity contribution is 0.433. The van der Waals surface area contributed by atoms with Crippen LogP contribution in [0.4, 0.5) is 0 Å². The lowest BCUT2D eigenvalue weighted by atomic mass is 9.94. The first-order valence-electron chi connectivity index (χ1n) is 4.67. The highest BCUT2D eigenvalue weighted by atomic mass is 14.9. The van der Waals surface area contributed by atoms with Gasteiger partial charge >= 0.3 is 0 Å². The van der Waals surface area contributed by atoms with E-state index in [9.17, 15) is 0 Å². The van der Waals surface area contributed by atoms with E-state index in [1.54, 1.807) is 0 Å². The monoisotopic (exact) mass is 163 g/mol. The van der Waals surface area contributed by atoms with Crippen molar-refractivity contribution >= 4 is 0 Å². The Morgan fingerprint density at radius 3 is 3.08 bits per heavy atom. The lowest BCUT2D eigenvalue weighted by Gasteiger charge is -2.19. The van der Waals surface area contributed by atoms with Gasteiger partial charge in [-0.15, -0.1) is 6.42 Å². The van der Waals surface area contributed by atoms with Gasteiger partial charge in [0.05, 0.1) is 6.04 Å². The van der Waals surface area contributed by atoms with Gasteiger partial charge in [0.2, 0.25) is 0 Å². The summed E-state index contributed by atoms with van der Waals surface area (Å²) in [6, 6.07) is 0.218. The van der Waals surface area contributed by atoms with Crippen molar-refractivity contribution in [3.63, 3.8) is 0 Å². The minimum absolute atomic E-state index is 0.218. The largest absolute Gasteiger partial charge is 0.304 e. The molecule has 0 aromatic rings. The van der Waals surface area contributed by atoms with Crippen LogP contribution in [0.1, 0.15) is 26.2 Å². The maximum absolute atomic E-state index is 5.26. The first-order chi connectivity index (χ1) is 5.83. The Balaban J connectivity index is 2.15. The molecular formula is C11H17N. The Bertz CT molecular complexity index is 188. The van der Waals surface area contributed by atoms with Crippen LogP contribution in [-0.2, 0) is 0 Å². The zero-order chi connectivity index (χ0) is 8.81. The Hall–Kier alpha value is -0.740. The van der Waals surface area contributed by atoms with E-state index in [0.29, 0.717) is 0 Å². The van der Waals surface area contributed by atoms with E-state index in [1.165, 1.54) is 19.3 Å². The molecular weight excluding hydrogens is 146 g/mol. The molecule has 1 aliphatic rings. The quantitative estimate of drug-likeness (QED) is 0.495. The summed E-state index contributed by atoms with van der Waals surface area (Å²) in [5.41, 5.74) is 0. The smallest absolute Gasteiger partial charge is 0.0658 e. The molecule has 0 aliphatic heterocycles. The molecule has 2 unspecified atom stereocenters. The predicted molar refractivity (Wildman–Crippen MR) is 52.8 cm³/mol. The summed E-state index contributed by atoms with van der Waals surface area (Å²) in [5, 5.41) is 3.33. The Morgan fingerprint density at radius 1 is 1.67 bits per heavy atom. The lowest BCUT2D eigenvalue weighted by Crippen LogP contribution is -2.30. The molecule has 1 nitrogen and oxygen atoms in total. The van der Waals surface area contributed by atoms with E-state index < -0.39 is 0 Å². The zero-order valence-corrected chi connectivity index (χ0v) is 7.72. The summed E-state index contributed by atoms with van der Waals surface area (Å²) in [6.45, 7) is 3.09. The average Bonchev–Trinajstić information content (AvgIpc) is 2.16. The van der Waals surface area contributed by atoms with Crippen molar-refractivity contribution in [1.82, 2.24) is 5.32 Å². The van der Waals surface area contributed by atoms with E-state index in [0.717, 1.165) is 12.5 Å². The van der Waals surface area contributed by atoms with Crippen molar-refractivity contribution < 1.29 is 0 Å². The predicted octanol–water partition coefficient (Wildman–Crippen LogP) is 1.95. The van der Waals surface area contributed by atoms with Gasteiger partial charge in [-0.25, -0.2) is 0 Å². The number of rotatable bonds is 3. The molecule has 1 heteroatoms. The minimum atomic E-state index is 0.218. The molecule has 1 N–H and O–H groups in total. The topological polar surface area (TPSA) is 12.0 Å². The molecule has 12 heavy (non-hydrogen) atoms. The van der Waals surface area contributed by atoms with Crippen LogP contribution in [0.25, 0.3) is 0 Å². The number of terminal acetylenes is 1. The highest BCUT2D eigenvalue weighted by Gasteiger charge is 2.09. The maximum Gasteiger partial charge on any atom is 0.0658 e. The Morgan fingerprint density at radius 2 is 2.50 bits per heavy atom. The van der Waals surface area contributed by atoms with Gasteiger partial charge in [0, 0.05) is 0 Å². The van der Waals surface area contributed by atoms with Crippen molar-refractivity contribution in [1.29, 1.82) is 0 Å². The number of hydrogen-bond acceptors (Lipinski definition) is 1. The maximum atomic E-state index is 5.26. The molecule has 0 fully saturated rings. The summed E-state index contributed by atoms with van der Waals surface area (Å²) >= 11 is 0. The van der Waals surface area contributed by atoms with Crippen LogP contribution in [0.2, 0.25) is 0 Å². The fourth-order valence-corrected chi connectivity index (χ4v) is 1.44. The number of allylic oxidation sites excluding steroid dienone is 2. The highest BCUT2D eigenvalue weighted by Crippen LogP contribution is 2.16. The Labute approximate surface area is 75.2 Å². The molecule has 2 atom stereocenters. The van der Waals surface area contributed by atoms with Crippen molar-refractivity contribution in [2.24, 2.45) is 5.92 Å². The SMILES string of the molecule is C#CC(C)NCC1CC=CCC1. The summed E-state index contributed by atoms with van der Waals surface area (Å²) in [4.78, 5) is 0. The average molecular weight is 163 g/mol. The number of nitrogens with one attached hydrogen (secondary N) is 1. The van der Waals surface area contributed by atoms with Gasteiger partial charge in [-0.2, -0.15) is 0 Å². The van der Waals surface area contributed by atoms with Gasteiger partial charge in [-0.1, -0.05) is 18.1 Å². The highest BCUT2D eigenvalue weighted by molar-refractivity contribution is 4.97. The molecule has 0 spiro atoms. The van der Waals surface area contributed by atoms with Gasteiger partial charge in [0.25, 0.3) is 0 Å². The summed E-state index contributed by atoms with van der Waals surface area (Å²) in [7, 11) is 0. The fraction of sp³-hybridized carbons (Fsp3) is 0.636. The van der Waals surface area contributed by atoms with Crippen molar-refractivity contribution in [3.8, 4) is 12.3 Å². The van der Waals surface area contributed by atoms with Gasteiger partial charge < -0.3 is 5.32 Å². The van der Waals surface area contributed by atoms with Crippen molar-refractivity contribution in [3.05, 3.63) is 12.2 Å².